The van der Waals surface area contributed by atoms with Crippen LogP contribution in [0.15, 0.2) is 18.2 Å². The Bertz CT molecular complexity index is 595. The first-order chi connectivity index (χ1) is 9.11. The molecule has 0 aliphatic carbocycles. The summed E-state index contributed by atoms with van der Waals surface area (Å²) < 4.78 is 6.76. The van der Waals surface area contributed by atoms with Crippen LogP contribution in [0.2, 0.25) is 5.02 Å². The molecule has 0 unspecified atom stereocenters. The molecular formula is C13H16ClN3O2. The molecule has 6 heteroatoms. The van der Waals surface area contributed by atoms with E-state index in [9.17, 15) is 4.79 Å². The summed E-state index contributed by atoms with van der Waals surface area (Å²) in [7, 11) is 0. The second kappa shape index (κ2) is 5.93. The van der Waals surface area contributed by atoms with Crippen molar-refractivity contribution >= 4 is 34.6 Å². The second-order valence-electron chi connectivity index (χ2n) is 4.16. The van der Waals surface area contributed by atoms with Crippen molar-refractivity contribution in [3.63, 3.8) is 0 Å². The molecule has 0 aliphatic heterocycles. The van der Waals surface area contributed by atoms with E-state index in [1.165, 1.54) is 0 Å². The zero-order chi connectivity index (χ0) is 13.8. The summed E-state index contributed by atoms with van der Waals surface area (Å²) in [5.41, 5.74) is 7.56. The number of aromatic nitrogens is 2. The molecule has 1 heterocycles. The van der Waals surface area contributed by atoms with Gasteiger partial charge in [0.05, 0.1) is 17.6 Å². The van der Waals surface area contributed by atoms with Gasteiger partial charge in [0.2, 0.25) is 5.95 Å². The van der Waals surface area contributed by atoms with Gasteiger partial charge in [0, 0.05) is 18.0 Å². The van der Waals surface area contributed by atoms with E-state index in [0.717, 1.165) is 11.0 Å². The minimum Gasteiger partial charge on any atom is -0.466 e. The smallest absolute Gasteiger partial charge is 0.305 e. The predicted octanol–water partition coefficient (Wildman–Crippen LogP) is 2.62. The largest absolute Gasteiger partial charge is 0.466 e. The summed E-state index contributed by atoms with van der Waals surface area (Å²) in [5, 5.41) is 0.628. The molecule has 5 nitrogen and oxygen atoms in total. The average molecular weight is 282 g/mol. The highest BCUT2D eigenvalue weighted by atomic mass is 35.5. The first kappa shape index (κ1) is 13.7. The third-order valence-electron chi connectivity index (χ3n) is 2.81. The van der Waals surface area contributed by atoms with E-state index in [4.69, 9.17) is 22.1 Å². The minimum atomic E-state index is -0.187. The van der Waals surface area contributed by atoms with Gasteiger partial charge in [0.1, 0.15) is 0 Å². The zero-order valence-electron chi connectivity index (χ0n) is 10.7. The van der Waals surface area contributed by atoms with Crippen molar-refractivity contribution in [2.45, 2.75) is 26.3 Å². The lowest BCUT2D eigenvalue weighted by Gasteiger charge is -2.06. The number of fused-ring (bicyclic) bond motifs is 1. The van der Waals surface area contributed by atoms with Crippen molar-refractivity contribution in [2.24, 2.45) is 0 Å². The third-order valence-corrected chi connectivity index (χ3v) is 3.04. The zero-order valence-corrected chi connectivity index (χ0v) is 11.5. The number of anilines is 1. The molecule has 2 N–H and O–H groups in total. The lowest BCUT2D eigenvalue weighted by Crippen LogP contribution is -2.08. The van der Waals surface area contributed by atoms with Gasteiger partial charge in [-0.15, -0.1) is 0 Å². The van der Waals surface area contributed by atoms with Crippen LogP contribution < -0.4 is 5.73 Å². The molecule has 0 radical (unpaired) electrons. The Labute approximate surface area is 116 Å². The Hall–Kier alpha value is -1.75. The number of aryl methyl sites for hydroxylation is 1. The highest BCUT2D eigenvalue weighted by Gasteiger charge is 2.09. The number of halogens is 1. The van der Waals surface area contributed by atoms with Gasteiger partial charge in [0.25, 0.3) is 0 Å². The quantitative estimate of drug-likeness (QED) is 0.855. The van der Waals surface area contributed by atoms with Crippen molar-refractivity contribution in [3.8, 4) is 0 Å². The van der Waals surface area contributed by atoms with E-state index in [2.05, 4.69) is 4.98 Å². The Morgan fingerprint density at radius 3 is 3.05 bits per heavy atom. The molecule has 0 amide bonds. The van der Waals surface area contributed by atoms with E-state index >= 15 is 0 Å². The molecule has 19 heavy (non-hydrogen) atoms. The van der Waals surface area contributed by atoms with Gasteiger partial charge in [-0.1, -0.05) is 11.6 Å². The Kier molecular flexibility index (Phi) is 4.27. The highest BCUT2D eigenvalue weighted by Crippen LogP contribution is 2.22. The normalized spacial score (nSPS) is 10.8. The molecule has 2 aromatic rings. The topological polar surface area (TPSA) is 70.1 Å². The molecule has 1 aromatic heterocycles. The molecule has 2 rings (SSSR count). The van der Waals surface area contributed by atoms with Crippen LogP contribution in [0.25, 0.3) is 11.0 Å². The van der Waals surface area contributed by atoms with Crippen LogP contribution >= 0.6 is 11.6 Å². The monoisotopic (exact) mass is 281 g/mol. The van der Waals surface area contributed by atoms with Crippen LogP contribution in [-0.4, -0.2) is 22.1 Å². The number of nitrogens with zero attached hydrogens (tertiary/aromatic N) is 2. The van der Waals surface area contributed by atoms with E-state index in [-0.39, 0.29) is 5.97 Å². The Morgan fingerprint density at radius 2 is 2.32 bits per heavy atom. The number of imidazole rings is 1. The number of nitrogen functional groups attached to an aromatic ring is 1. The lowest BCUT2D eigenvalue weighted by molar-refractivity contribution is -0.143. The van der Waals surface area contributed by atoms with Crippen LogP contribution in [0.5, 0.6) is 0 Å². The fourth-order valence-corrected chi connectivity index (χ4v) is 2.14. The molecule has 0 aliphatic rings. The lowest BCUT2D eigenvalue weighted by atomic mass is 10.3. The summed E-state index contributed by atoms with van der Waals surface area (Å²) in [6.45, 7) is 2.83. The fourth-order valence-electron chi connectivity index (χ4n) is 1.97. The van der Waals surface area contributed by atoms with Gasteiger partial charge in [-0.3, -0.25) is 4.79 Å². The fraction of sp³-hybridized carbons (Fsp3) is 0.385. The molecule has 0 fully saturated rings. The third kappa shape index (κ3) is 3.17. The van der Waals surface area contributed by atoms with Crippen LogP contribution in [0.4, 0.5) is 5.95 Å². The summed E-state index contributed by atoms with van der Waals surface area (Å²) in [4.78, 5) is 15.5. The second-order valence-corrected chi connectivity index (χ2v) is 4.60. The van der Waals surface area contributed by atoms with E-state index in [0.29, 0.717) is 37.0 Å². The van der Waals surface area contributed by atoms with E-state index < -0.39 is 0 Å². The van der Waals surface area contributed by atoms with Gasteiger partial charge in [-0.25, -0.2) is 4.98 Å². The van der Waals surface area contributed by atoms with E-state index in [1.54, 1.807) is 19.1 Å². The number of esters is 1. The highest BCUT2D eigenvalue weighted by molar-refractivity contribution is 6.31. The SMILES string of the molecule is CCOC(=O)CCCn1c(N)nc2cc(Cl)ccc21. The molecule has 0 saturated heterocycles. The van der Waals surface area contributed by atoms with Gasteiger partial charge in [-0.05, 0) is 31.5 Å². The van der Waals surface area contributed by atoms with Gasteiger partial charge >= 0.3 is 5.97 Å². The summed E-state index contributed by atoms with van der Waals surface area (Å²) in [5.74, 6) is 0.245. The number of carbonyl (C=O) groups excluding carboxylic acids is 1. The number of hydrogen-bond acceptors (Lipinski definition) is 4. The maximum absolute atomic E-state index is 11.3. The minimum absolute atomic E-state index is 0.187. The number of hydrogen-bond donors (Lipinski definition) is 1. The summed E-state index contributed by atoms with van der Waals surface area (Å²) in [6.07, 6.45) is 1.04. The number of carbonyl (C=O) groups is 1. The average Bonchev–Trinajstić information content (AvgIpc) is 2.65. The van der Waals surface area contributed by atoms with Crippen molar-refractivity contribution in [1.82, 2.24) is 9.55 Å². The van der Waals surface area contributed by atoms with E-state index in [1.807, 2.05) is 10.6 Å². The molecular weight excluding hydrogens is 266 g/mol. The molecule has 1 aromatic carbocycles. The van der Waals surface area contributed by atoms with Crippen molar-refractivity contribution in [3.05, 3.63) is 23.2 Å². The number of ether oxygens (including phenoxy) is 1. The van der Waals surface area contributed by atoms with Crippen molar-refractivity contribution < 1.29 is 9.53 Å². The van der Waals surface area contributed by atoms with Crippen LogP contribution in [0, 0.1) is 0 Å². The Morgan fingerprint density at radius 1 is 1.53 bits per heavy atom. The predicted molar refractivity (Wildman–Crippen MR) is 75.0 cm³/mol. The van der Waals surface area contributed by atoms with Crippen LogP contribution in [0.1, 0.15) is 19.8 Å². The Balaban J connectivity index is 2.08. The molecule has 102 valence electrons. The molecule has 0 saturated carbocycles. The van der Waals surface area contributed by atoms with Crippen LogP contribution in [-0.2, 0) is 16.1 Å². The molecule has 0 spiro atoms. The maximum atomic E-state index is 11.3. The van der Waals surface area contributed by atoms with Gasteiger partial charge in [0.15, 0.2) is 0 Å². The number of benzene rings is 1. The first-order valence-corrected chi connectivity index (χ1v) is 6.56. The molecule has 0 atom stereocenters. The van der Waals surface area contributed by atoms with Gasteiger partial charge in [-0.2, -0.15) is 0 Å². The summed E-state index contributed by atoms with van der Waals surface area (Å²) in [6, 6.07) is 5.45. The van der Waals surface area contributed by atoms with Gasteiger partial charge < -0.3 is 15.0 Å². The van der Waals surface area contributed by atoms with Crippen molar-refractivity contribution in [1.29, 1.82) is 0 Å². The van der Waals surface area contributed by atoms with Crippen LogP contribution in [0.3, 0.4) is 0 Å². The maximum Gasteiger partial charge on any atom is 0.305 e. The molecule has 0 bridgehead atoms. The first-order valence-electron chi connectivity index (χ1n) is 6.18. The van der Waals surface area contributed by atoms with Crippen molar-refractivity contribution in [2.75, 3.05) is 12.3 Å². The number of nitrogens with two attached hydrogens (primary N) is 1. The number of rotatable bonds is 5. The standard InChI is InChI=1S/C13H16ClN3O2/c1-2-19-12(18)4-3-7-17-11-6-5-9(14)8-10(11)16-13(17)15/h5-6,8H,2-4,7H2,1H3,(H2,15,16). The summed E-state index contributed by atoms with van der Waals surface area (Å²) >= 11 is 5.91.